The molecule has 2 aliphatic heterocycles. The van der Waals surface area contributed by atoms with Crippen LogP contribution in [0.25, 0.3) is 0 Å². The van der Waals surface area contributed by atoms with E-state index < -0.39 is 40.5 Å². The molecule has 5 atom stereocenters. The Bertz CT molecular complexity index is 1420. The van der Waals surface area contributed by atoms with E-state index >= 15 is 0 Å². The minimum absolute atomic E-state index is 0.170. The van der Waals surface area contributed by atoms with Crippen LogP contribution in [0.5, 0.6) is 5.75 Å². The molecule has 0 saturated carbocycles. The highest BCUT2D eigenvalue weighted by Gasteiger charge is 2.70. The van der Waals surface area contributed by atoms with Crippen LogP contribution >= 0.6 is 11.8 Å². The van der Waals surface area contributed by atoms with Crippen molar-refractivity contribution in [2.75, 3.05) is 19.5 Å². The van der Waals surface area contributed by atoms with Gasteiger partial charge in [0.15, 0.2) is 6.10 Å². The Morgan fingerprint density at radius 2 is 1.95 bits per heavy atom. The van der Waals surface area contributed by atoms with Gasteiger partial charge in [-0.3, -0.25) is 14.5 Å². The van der Waals surface area contributed by atoms with Crippen molar-refractivity contribution < 1.29 is 28.6 Å². The van der Waals surface area contributed by atoms with Crippen LogP contribution in [0.15, 0.2) is 77.9 Å². The quantitative estimate of drug-likeness (QED) is 0.408. The number of amides is 2. The lowest BCUT2D eigenvalue weighted by molar-refractivity contribution is -0.167. The van der Waals surface area contributed by atoms with Gasteiger partial charge in [0.05, 0.1) is 23.9 Å². The van der Waals surface area contributed by atoms with Gasteiger partial charge in [0.25, 0.3) is 11.8 Å². The van der Waals surface area contributed by atoms with Crippen molar-refractivity contribution in [3.63, 3.8) is 0 Å². The van der Waals surface area contributed by atoms with E-state index in [1.54, 1.807) is 26.2 Å². The summed E-state index contributed by atoms with van der Waals surface area (Å²) in [5, 5.41) is 14.3. The first-order valence-electron chi connectivity index (χ1n) is 14.0. The molecule has 1 aliphatic carbocycles. The van der Waals surface area contributed by atoms with Gasteiger partial charge >= 0.3 is 0 Å². The van der Waals surface area contributed by atoms with Crippen molar-refractivity contribution >= 4 is 29.9 Å². The third-order valence-electron chi connectivity index (χ3n) is 8.78. The maximum Gasteiger partial charge on any atom is 0.255 e. The summed E-state index contributed by atoms with van der Waals surface area (Å²) in [4.78, 5) is 42.8. The van der Waals surface area contributed by atoms with Crippen molar-refractivity contribution in [2.45, 2.75) is 62.0 Å². The molecule has 2 amide bonds. The number of thioether (sulfide) groups is 1. The minimum atomic E-state index is -1.63. The second-order valence-electron chi connectivity index (χ2n) is 11.2. The molecular formula is C32H36FN3O5S. The molecule has 2 saturated heterocycles. The molecule has 2 heterocycles. The fourth-order valence-corrected chi connectivity index (χ4v) is 7.54. The Morgan fingerprint density at radius 1 is 1.21 bits per heavy atom. The molecule has 0 radical (unpaired) electrons. The Morgan fingerprint density at radius 3 is 2.67 bits per heavy atom. The Balaban J connectivity index is 1.36. The first kappa shape index (κ1) is 30.0. The molecule has 0 aromatic heterocycles. The first-order valence-corrected chi connectivity index (χ1v) is 15.0. The summed E-state index contributed by atoms with van der Waals surface area (Å²) in [6, 6.07) is 15.9. The molecule has 0 bridgehead atoms. The van der Waals surface area contributed by atoms with Gasteiger partial charge in [-0.1, -0.05) is 54.6 Å². The summed E-state index contributed by atoms with van der Waals surface area (Å²) < 4.78 is 19.7. The number of hydrogen-bond acceptors (Lipinski definition) is 7. The summed E-state index contributed by atoms with van der Waals surface area (Å²) in [5.74, 6) is -0.240. The maximum atomic E-state index is 14.3. The molecule has 2 fully saturated rings. The molecule has 2 aromatic rings. The average molecular weight is 594 g/mol. The number of ether oxygens (including phenoxy) is 1. The molecule has 3 aliphatic rings. The number of fused-ring (bicyclic) bond motifs is 1. The van der Waals surface area contributed by atoms with Crippen molar-refractivity contribution in [3.8, 4) is 5.75 Å². The van der Waals surface area contributed by atoms with Gasteiger partial charge in [-0.2, -0.15) is 0 Å². The summed E-state index contributed by atoms with van der Waals surface area (Å²) in [7, 11) is 1.61. The lowest BCUT2D eigenvalue weighted by Crippen LogP contribution is -2.80. The van der Waals surface area contributed by atoms with Gasteiger partial charge in [-0.05, 0) is 49.1 Å². The molecule has 2 aromatic carbocycles. The van der Waals surface area contributed by atoms with Gasteiger partial charge in [-0.25, -0.2) is 4.39 Å². The number of nitrogens with one attached hydrogen (secondary N) is 1. The van der Waals surface area contributed by atoms with Crippen LogP contribution in [0, 0.1) is 0 Å². The number of carbonyl (C=O) groups excluding carboxylic acids is 3. The summed E-state index contributed by atoms with van der Waals surface area (Å²) in [5.41, 5.74) is 1.19. The number of aliphatic hydroxyl groups excluding tert-OH is 1. The van der Waals surface area contributed by atoms with Crippen molar-refractivity contribution in [1.29, 1.82) is 0 Å². The zero-order valence-electron chi connectivity index (χ0n) is 24.0. The number of allylic oxidation sites excluding steroid dienone is 2. The average Bonchev–Trinajstić information content (AvgIpc) is 3.23. The number of halogens is 1. The van der Waals surface area contributed by atoms with E-state index in [4.69, 9.17) is 4.74 Å². The fraction of sp³-hybridized carbons (Fsp3) is 0.406. The third-order valence-corrected chi connectivity index (χ3v) is 10.3. The topological polar surface area (TPSA) is 99.2 Å². The van der Waals surface area contributed by atoms with Crippen LogP contribution in [-0.4, -0.2) is 81.3 Å². The molecule has 0 spiro atoms. The van der Waals surface area contributed by atoms with Crippen molar-refractivity contribution in [3.05, 3.63) is 89.0 Å². The number of likely N-dealkylation sites (tertiary alicyclic amines) is 1. The van der Waals surface area contributed by atoms with E-state index in [9.17, 15) is 23.9 Å². The third kappa shape index (κ3) is 5.27. The lowest BCUT2D eigenvalue weighted by Gasteiger charge is -2.60. The van der Waals surface area contributed by atoms with Gasteiger partial charge in [-0.15, -0.1) is 11.8 Å². The number of aliphatic hydroxyl groups is 1. The second-order valence-corrected chi connectivity index (χ2v) is 12.5. The van der Waals surface area contributed by atoms with E-state index in [-0.39, 0.29) is 24.3 Å². The van der Waals surface area contributed by atoms with E-state index in [1.165, 1.54) is 16.7 Å². The summed E-state index contributed by atoms with van der Waals surface area (Å²) in [6.45, 7) is 4.38. The number of rotatable bonds is 10. The molecule has 42 heavy (non-hydrogen) atoms. The number of methoxy groups -OCH3 is 1. The standard InChI is InChI=1S/C32H36FN3O5S/c1-21-25(13-8-14-26(21)33)29(39)34-27(16-22-9-5-4-6-10-22)28(38)30(40)36-20-42-31(2)32(36,19-37)18-35(31)17-23-11-7-12-24(15-23)41-3/h4-13,15,19,26-28,38H,14,16-18,20H2,1-3H3,(H,34,39)/t26?,27?,28-,31?,32+/m0/s1. The van der Waals surface area contributed by atoms with Gasteiger partial charge in [0.2, 0.25) is 0 Å². The predicted molar refractivity (Wildman–Crippen MR) is 159 cm³/mol. The first-order chi connectivity index (χ1) is 20.1. The van der Waals surface area contributed by atoms with Crippen LogP contribution in [0.4, 0.5) is 4.39 Å². The van der Waals surface area contributed by atoms with E-state index in [1.807, 2.05) is 61.5 Å². The zero-order valence-corrected chi connectivity index (χ0v) is 24.8. The Labute approximate surface area is 249 Å². The SMILES string of the molecule is COc1cccc(CN2C[C@]3(C=O)N(C(=O)[C@@H](O)C(Cc4ccccc4)NC(=O)C4=C(C)C(F)CC=C4)CSC23C)c1. The number of nitrogens with zero attached hydrogens (tertiary/aromatic N) is 2. The number of aldehydes is 1. The molecule has 8 nitrogen and oxygen atoms in total. The highest BCUT2D eigenvalue weighted by Crippen LogP contribution is 2.56. The van der Waals surface area contributed by atoms with Crippen LogP contribution in [0.2, 0.25) is 0 Å². The van der Waals surface area contributed by atoms with Crippen LogP contribution < -0.4 is 10.1 Å². The smallest absolute Gasteiger partial charge is 0.255 e. The molecule has 10 heteroatoms. The number of hydrogen-bond donors (Lipinski definition) is 2. The van der Waals surface area contributed by atoms with E-state index in [0.29, 0.717) is 18.7 Å². The molecule has 222 valence electrons. The van der Waals surface area contributed by atoms with Crippen LogP contribution in [0.1, 0.15) is 31.4 Å². The molecular weight excluding hydrogens is 557 g/mol. The van der Waals surface area contributed by atoms with Gasteiger partial charge < -0.3 is 24.9 Å². The van der Waals surface area contributed by atoms with Crippen molar-refractivity contribution in [2.24, 2.45) is 0 Å². The highest BCUT2D eigenvalue weighted by molar-refractivity contribution is 8.01. The lowest BCUT2D eigenvalue weighted by atomic mass is 9.79. The Kier molecular flexibility index (Phi) is 8.59. The number of benzene rings is 2. The van der Waals surface area contributed by atoms with E-state index in [0.717, 1.165) is 23.2 Å². The number of alkyl halides is 1. The zero-order chi connectivity index (χ0) is 30.1. The minimum Gasteiger partial charge on any atom is -0.497 e. The van der Waals surface area contributed by atoms with Crippen LogP contribution in [-0.2, 0) is 27.3 Å². The normalized spacial score (nSPS) is 26.7. The maximum absolute atomic E-state index is 14.3. The largest absolute Gasteiger partial charge is 0.497 e. The van der Waals surface area contributed by atoms with Crippen molar-refractivity contribution in [1.82, 2.24) is 15.1 Å². The number of carbonyl (C=O) groups is 3. The molecule has 2 N–H and O–H groups in total. The second kappa shape index (κ2) is 12.0. The molecule has 5 rings (SSSR count). The monoisotopic (exact) mass is 593 g/mol. The Hall–Kier alpha value is -3.47. The van der Waals surface area contributed by atoms with Crippen LogP contribution in [0.3, 0.4) is 0 Å². The highest BCUT2D eigenvalue weighted by atomic mass is 32.2. The van der Waals surface area contributed by atoms with Gasteiger partial charge in [0, 0.05) is 25.1 Å². The van der Waals surface area contributed by atoms with E-state index in [2.05, 4.69) is 10.2 Å². The molecule has 3 unspecified atom stereocenters. The predicted octanol–water partition coefficient (Wildman–Crippen LogP) is 3.40. The van der Waals surface area contributed by atoms with Gasteiger partial charge in [0.1, 0.15) is 23.7 Å². The summed E-state index contributed by atoms with van der Waals surface area (Å²) in [6.07, 6.45) is 1.46. The fourth-order valence-electron chi connectivity index (χ4n) is 6.02. The summed E-state index contributed by atoms with van der Waals surface area (Å²) >= 11 is 1.47.